The van der Waals surface area contributed by atoms with E-state index < -0.39 is 0 Å². The summed E-state index contributed by atoms with van der Waals surface area (Å²) in [6.07, 6.45) is 0. The Morgan fingerprint density at radius 3 is 1.05 bits per heavy atom. The Hall–Kier alpha value is 1.97. The van der Waals surface area contributed by atoms with E-state index in [9.17, 15) is 0 Å². The molecule has 0 aliphatic rings. The quantitative estimate of drug-likeness (QED) is 0.554. The topological polar surface area (TPSA) is 30.5 Å². The van der Waals surface area contributed by atoms with E-state index >= 15 is 0 Å². The van der Waals surface area contributed by atoms with E-state index in [1.54, 1.807) is 0 Å². The van der Waals surface area contributed by atoms with Gasteiger partial charge in [0.05, 0.1) is 0 Å². The van der Waals surface area contributed by atoms with E-state index in [-0.39, 0.29) is 31.3 Å². The predicted octanol–water partition coefficient (Wildman–Crippen LogP) is -0.981. The molecule has 0 heterocycles. The molecule has 0 aromatic carbocycles. The van der Waals surface area contributed by atoms with Crippen LogP contribution in [0, 0.1) is 0 Å². The van der Waals surface area contributed by atoms with Crippen LogP contribution in [0.5, 0.6) is 0 Å². The molecule has 0 bridgehead atoms. The minimum absolute atomic E-state index is 0.114. The molecule has 0 rings (SSSR count). The predicted molar refractivity (Wildman–Crippen MR) is 102 cm³/mol. The molecule has 0 amide bonds. The van der Waals surface area contributed by atoms with Gasteiger partial charge in [0, 0.05) is 0 Å². The third-order valence-corrected chi connectivity index (χ3v) is 11.7. The van der Waals surface area contributed by atoms with Crippen LogP contribution in [0.4, 0.5) is 0 Å². The first-order valence-corrected chi connectivity index (χ1v) is 12.4. The molecule has 20 heavy (non-hydrogen) atoms. The SMILES string of the molecule is CC(C)[NH][AlH][N]([AlH2])C(C)C.CC(C)[NH][AlH][N]([AlH2])C(C)C. The van der Waals surface area contributed by atoms with Crippen molar-refractivity contribution in [2.45, 2.75) is 79.6 Å². The molecule has 0 spiro atoms. The summed E-state index contributed by atoms with van der Waals surface area (Å²) in [6, 6.07) is 2.85. The van der Waals surface area contributed by atoms with Gasteiger partial charge in [0.1, 0.15) is 0 Å². The van der Waals surface area contributed by atoms with Gasteiger partial charge >= 0.3 is 31.3 Å². The molecule has 0 saturated carbocycles. The number of hydrogen-bond acceptors (Lipinski definition) is 4. The van der Waals surface area contributed by atoms with Gasteiger partial charge in [0.15, 0.2) is 0 Å². The third-order valence-electron chi connectivity index (χ3n) is 3.26. The van der Waals surface area contributed by atoms with Crippen molar-refractivity contribution in [2.75, 3.05) is 0 Å². The van der Waals surface area contributed by atoms with E-state index in [1.165, 1.54) is 33.0 Å². The van der Waals surface area contributed by atoms with Crippen LogP contribution in [0.1, 0.15) is 55.4 Å². The average molecular weight is 344 g/mol. The zero-order valence-electron chi connectivity index (χ0n) is 15.6. The molecule has 4 nitrogen and oxygen atoms in total. The first-order chi connectivity index (χ1) is 9.07. The van der Waals surface area contributed by atoms with Crippen LogP contribution < -0.4 is 8.60 Å². The zero-order valence-corrected chi connectivity index (χ0v) is 22.4. The summed E-state index contributed by atoms with van der Waals surface area (Å²) in [4.78, 5) is 0. The summed E-state index contributed by atoms with van der Waals surface area (Å²) in [5.41, 5.74) is 0. The average Bonchev–Trinajstić information content (AvgIpc) is 2.33. The van der Waals surface area contributed by atoms with E-state index in [0.29, 0.717) is 12.1 Å². The fraction of sp³-hybridized carbons (Fsp3) is 1.00. The van der Waals surface area contributed by atoms with E-state index in [0.717, 1.165) is 12.1 Å². The Bertz CT molecular complexity index is 194. The van der Waals surface area contributed by atoms with Gasteiger partial charge in [-0.05, 0) is 24.2 Å². The van der Waals surface area contributed by atoms with Crippen molar-refractivity contribution < 1.29 is 0 Å². The molecular formula is C12H36Al4N4. The minimum Gasteiger partial charge on any atom is -0.464 e. The van der Waals surface area contributed by atoms with Gasteiger partial charge in [-0.15, -0.1) is 0 Å². The second kappa shape index (κ2) is 14.6. The Morgan fingerprint density at radius 1 is 0.650 bits per heavy atom. The van der Waals surface area contributed by atoms with Gasteiger partial charge in [-0.2, -0.15) is 0 Å². The van der Waals surface area contributed by atoms with Gasteiger partial charge in [-0.25, -0.2) is 0 Å². The maximum atomic E-state index is 3.53. The second-order valence-corrected chi connectivity index (χ2v) is 15.0. The molecule has 0 aliphatic heterocycles. The lowest BCUT2D eigenvalue weighted by atomic mass is 10.4. The molecule has 0 aromatic rings. The summed E-state index contributed by atoms with van der Waals surface area (Å²) in [5, 5.41) is 0. The maximum absolute atomic E-state index is 3.53. The number of nitrogens with one attached hydrogen (secondary N) is 2. The Labute approximate surface area is 157 Å². The number of nitrogens with zero attached hydrogens (tertiary/aromatic N) is 2. The summed E-state index contributed by atoms with van der Waals surface area (Å²) >= 11 is 2.19. The molecule has 0 fully saturated rings. The van der Waals surface area contributed by atoms with Crippen molar-refractivity contribution in [1.82, 2.24) is 14.3 Å². The molecule has 0 saturated heterocycles. The standard InChI is InChI=1S/2C3H8N.2C3H7N.4Al.6H/c4*1-3(2)4;;;;;;;;;;/h2*3-4H,1-2H3;2*3H,1-2H3;;;;;;;;;;/q2*-1;;;;;2*+1;;;;;;. The largest absolute Gasteiger partial charge is 0.464 e. The van der Waals surface area contributed by atoms with Crippen LogP contribution >= 0.6 is 0 Å². The molecule has 0 aliphatic carbocycles. The lowest BCUT2D eigenvalue weighted by Gasteiger charge is -2.23. The summed E-state index contributed by atoms with van der Waals surface area (Å²) < 4.78 is 12.2. The summed E-state index contributed by atoms with van der Waals surface area (Å²) in [5.74, 6) is 0. The Kier molecular flexibility index (Phi) is 17.6. The van der Waals surface area contributed by atoms with Crippen LogP contribution in [-0.4, -0.2) is 94.2 Å². The summed E-state index contributed by atoms with van der Waals surface area (Å²) in [6.45, 7) is 17.9. The van der Waals surface area contributed by atoms with Crippen LogP contribution in [0.3, 0.4) is 0 Å². The van der Waals surface area contributed by atoms with Gasteiger partial charge in [0.25, 0.3) is 33.0 Å². The second-order valence-electron chi connectivity index (χ2n) is 6.74. The third kappa shape index (κ3) is 18.0. The number of hydrogen-bond donors (Lipinski definition) is 2. The molecule has 0 unspecified atom stereocenters. The van der Waals surface area contributed by atoms with Crippen molar-refractivity contribution in [3.05, 3.63) is 0 Å². The van der Waals surface area contributed by atoms with Gasteiger partial charge in [-0.1, -0.05) is 55.4 Å². The van der Waals surface area contributed by atoms with E-state index in [2.05, 4.69) is 69.7 Å². The first kappa shape index (κ1) is 24.2. The first-order valence-electron chi connectivity index (χ1n) is 7.95. The molecule has 116 valence electrons. The Morgan fingerprint density at radius 2 is 0.900 bits per heavy atom. The van der Waals surface area contributed by atoms with Gasteiger partial charge in [0.2, 0.25) is 0 Å². The van der Waals surface area contributed by atoms with Crippen LogP contribution in [0.2, 0.25) is 0 Å². The van der Waals surface area contributed by atoms with Crippen molar-refractivity contribution in [3.63, 3.8) is 0 Å². The van der Waals surface area contributed by atoms with E-state index in [1.807, 2.05) is 0 Å². The fourth-order valence-corrected chi connectivity index (χ4v) is 4.15. The van der Waals surface area contributed by atoms with Crippen molar-refractivity contribution in [1.29, 1.82) is 0 Å². The highest BCUT2D eigenvalue weighted by atomic mass is 27.2. The van der Waals surface area contributed by atoms with Gasteiger partial charge < -0.3 is 14.3 Å². The lowest BCUT2D eigenvalue weighted by molar-refractivity contribution is 0.541. The summed E-state index contributed by atoms with van der Waals surface area (Å²) in [7, 11) is 0. The monoisotopic (exact) mass is 344 g/mol. The lowest BCUT2D eigenvalue weighted by Crippen LogP contribution is -2.43. The van der Waals surface area contributed by atoms with E-state index in [4.69, 9.17) is 0 Å². The molecule has 8 heteroatoms. The zero-order chi connectivity index (χ0) is 16.3. The minimum atomic E-state index is -0.114. The van der Waals surface area contributed by atoms with Gasteiger partial charge in [-0.3, -0.25) is 0 Å². The van der Waals surface area contributed by atoms with Crippen LogP contribution in [0.15, 0.2) is 0 Å². The normalized spacial score (nSPS) is 11.5. The van der Waals surface area contributed by atoms with Crippen molar-refractivity contribution in [3.8, 4) is 0 Å². The molecule has 0 aromatic heterocycles. The molecule has 0 atom stereocenters. The highest BCUT2D eigenvalue weighted by Crippen LogP contribution is 1.88. The maximum Gasteiger partial charge on any atom is 0.437 e. The van der Waals surface area contributed by atoms with Crippen molar-refractivity contribution >= 4 is 64.3 Å². The molecule has 2 N–H and O–H groups in total. The Balaban J connectivity index is 0. The number of rotatable bonds is 8. The van der Waals surface area contributed by atoms with Crippen molar-refractivity contribution in [2.24, 2.45) is 0 Å². The smallest absolute Gasteiger partial charge is 0.437 e. The highest BCUT2D eigenvalue weighted by molar-refractivity contribution is 6.39. The fourth-order valence-electron chi connectivity index (χ4n) is 1.02. The molecular weight excluding hydrogens is 308 g/mol. The highest BCUT2D eigenvalue weighted by Gasteiger charge is 2.06. The van der Waals surface area contributed by atoms with Crippen LogP contribution in [0.25, 0.3) is 0 Å². The molecule has 0 radical (unpaired) electrons. The van der Waals surface area contributed by atoms with Crippen LogP contribution in [-0.2, 0) is 0 Å².